The molecule has 108 valence electrons. The van der Waals surface area contributed by atoms with Gasteiger partial charge in [0.1, 0.15) is 0 Å². The number of aliphatic hydroxyl groups is 1. The van der Waals surface area contributed by atoms with Crippen molar-refractivity contribution in [2.24, 2.45) is 0 Å². The summed E-state index contributed by atoms with van der Waals surface area (Å²) in [5, 5.41) is 14.1. The Balaban J connectivity index is 2.34. The number of hydrogen-bond donors (Lipinski definition) is 2. The lowest BCUT2D eigenvalue weighted by atomic mass is 9.88. The molecule has 2 N–H and O–H groups in total. The van der Waals surface area contributed by atoms with Crippen LogP contribution in [0.2, 0.25) is 0 Å². The minimum Gasteiger partial charge on any atom is -0.389 e. The van der Waals surface area contributed by atoms with E-state index < -0.39 is 5.60 Å². The summed E-state index contributed by atoms with van der Waals surface area (Å²) >= 11 is 0. The van der Waals surface area contributed by atoms with Gasteiger partial charge in [-0.15, -0.1) is 0 Å². The van der Waals surface area contributed by atoms with Crippen molar-refractivity contribution in [1.82, 2.24) is 5.32 Å². The molecule has 0 aromatic heterocycles. The van der Waals surface area contributed by atoms with Crippen LogP contribution < -0.4 is 5.32 Å². The van der Waals surface area contributed by atoms with Gasteiger partial charge in [-0.1, -0.05) is 64.7 Å². The second-order valence-electron chi connectivity index (χ2n) is 6.08. The summed E-state index contributed by atoms with van der Waals surface area (Å²) in [6.07, 6.45) is 15.1. The van der Waals surface area contributed by atoms with Crippen molar-refractivity contribution in [2.75, 3.05) is 13.1 Å². The summed E-state index contributed by atoms with van der Waals surface area (Å²) in [7, 11) is 0. The minimum absolute atomic E-state index is 0.436. The third kappa shape index (κ3) is 7.38. The van der Waals surface area contributed by atoms with Crippen molar-refractivity contribution < 1.29 is 5.11 Å². The fourth-order valence-corrected chi connectivity index (χ4v) is 2.95. The van der Waals surface area contributed by atoms with E-state index in [1.54, 1.807) is 0 Å². The van der Waals surface area contributed by atoms with Crippen LogP contribution in [0.1, 0.15) is 84.0 Å². The number of rotatable bonds is 4. The van der Waals surface area contributed by atoms with Crippen molar-refractivity contribution in [2.45, 2.75) is 89.6 Å². The van der Waals surface area contributed by atoms with Crippen LogP contribution in [0.5, 0.6) is 0 Å². The van der Waals surface area contributed by atoms with Crippen molar-refractivity contribution in [3.05, 3.63) is 0 Å². The van der Waals surface area contributed by atoms with Crippen LogP contribution in [0.3, 0.4) is 0 Å². The van der Waals surface area contributed by atoms with Gasteiger partial charge in [0, 0.05) is 6.54 Å². The summed E-state index contributed by atoms with van der Waals surface area (Å²) in [6.45, 7) is 4.00. The predicted molar refractivity (Wildman–Crippen MR) is 78.9 cm³/mol. The Labute approximate surface area is 114 Å². The minimum atomic E-state index is -0.436. The molecule has 0 saturated heterocycles. The van der Waals surface area contributed by atoms with Crippen LogP contribution in [-0.2, 0) is 0 Å². The second-order valence-corrected chi connectivity index (χ2v) is 6.08. The standard InChI is InChI=1S/C16H33NO/c1-2-14-17-15-16(18)12-10-8-6-4-3-5-7-9-11-13-16/h17-18H,2-15H2,1H3. The molecule has 2 heteroatoms. The molecule has 1 aliphatic carbocycles. The van der Waals surface area contributed by atoms with Crippen LogP contribution in [0, 0.1) is 0 Å². The van der Waals surface area contributed by atoms with E-state index in [0.29, 0.717) is 0 Å². The van der Waals surface area contributed by atoms with E-state index >= 15 is 0 Å². The van der Waals surface area contributed by atoms with Gasteiger partial charge in [-0.25, -0.2) is 0 Å². The molecular weight excluding hydrogens is 222 g/mol. The summed E-state index contributed by atoms with van der Waals surface area (Å²) in [5.41, 5.74) is -0.436. The molecule has 0 heterocycles. The van der Waals surface area contributed by atoms with E-state index in [0.717, 1.165) is 32.4 Å². The molecule has 0 unspecified atom stereocenters. The maximum Gasteiger partial charge on any atom is 0.0771 e. The summed E-state index contributed by atoms with van der Waals surface area (Å²) in [5.74, 6) is 0. The molecule has 18 heavy (non-hydrogen) atoms. The highest BCUT2D eigenvalue weighted by Crippen LogP contribution is 2.24. The van der Waals surface area contributed by atoms with Crippen molar-refractivity contribution in [3.8, 4) is 0 Å². The van der Waals surface area contributed by atoms with Gasteiger partial charge in [0.2, 0.25) is 0 Å². The van der Waals surface area contributed by atoms with E-state index in [2.05, 4.69) is 12.2 Å². The van der Waals surface area contributed by atoms with Gasteiger partial charge < -0.3 is 10.4 Å². The summed E-state index contributed by atoms with van der Waals surface area (Å²) < 4.78 is 0. The molecule has 0 spiro atoms. The van der Waals surface area contributed by atoms with Gasteiger partial charge in [-0.3, -0.25) is 0 Å². The molecule has 0 aromatic rings. The van der Waals surface area contributed by atoms with E-state index in [1.165, 1.54) is 57.8 Å². The Morgan fingerprint density at radius 2 is 1.28 bits per heavy atom. The van der Waals surface area contributed by atoms with Crippen molar-refractivity contribution >= 4 is 0 Å². The monoisotopic (exact) mass is 255 g/mol. The molecule has 0 aromatic carbocycles. The lowest BCUT2D eigenvalue weighted by Gasteiger charge is -2.29. The van der Waals surface area contributed by atoms with Crippen LogP contribution in [0.15, 0.2) is 0 Å². The van der Waals surface area contributed by atoms with E-state index in [-0.39, 0.29) is 0 Å². The lowest BCUT2D eigenvalue weighted by Crippen LogP contribution is -2.41. The SMILES string of the molecule is CCCNCC1(O)CCCCCCCCCCC1. The first-order valence-electron chi connectivity index (χ1n) is 8.20. The van der Waals surface area contributed by atoms with Crippen LogP contribution in [0.4, 0.5) is 0 Å². The Bertz CT molecular complexity index is 182. The third-order valence-corrected chi connectivity index (χ3v) is 4.17. The molecular formula is C16H33NO. The highest BCUT2D eigenvalue weighted by Gasteiger charge is 2.25. The molecule has 0 bridgehead atoms. The first-order valence-corrected chi connectivity index (χ1v) is 8.20. The zero-order valence-corrected chi connectivity index (χ0v) is 12.3. The van der Waals surface area contributed by atoms with Gasteiger partial charge in [0.05, 0.1) is 5.60 Å². The van der Waals surface area contributed by atoms with Crippen LogP contribution in [0.25, 0.3) is 0 Å². The maximum atomic E-state index is 10.7. The molecule has 1 fully saturated rings. The topological polar surface area (TPSA) is 32.3 Å². The quantitative estimate of drug-likeness (QED) is 0.744. The van der Waals surface area contributed by atoms with Gasteiger partial charge >= 0.3 is 0 Å². The lowest BCUT2D eigenvalue weighted by molar-refractivity contribution is 0.0181. The fourth-order valence-electron chi connectivity index (χ4n) is 2.95. The number of hydrogen-bond acceptors (Lipinski definition) is 2. The first-order chi connectivity index (χ1) is 8.77. The first kappa shape index (κ1) is 16.0. The number of nitrogens with one attached hydrogen (secondary N) is 1. The molecule has 0 amide bonds. The summed E-state index contributed by atoms with van der Waals surface area (Å²) in [6, 6.07) is 0. The third-order valence-electron chi connectivity index (χ3n) is 4.17. The Kier molecular flexibility index (Phi) is 8.70. The average Bonchev–Trinajstić information content (AvgIpc) is 2.34. The Morgan fingerprint density at radius 3 is 1.72 bits per heavy atom. The van der Waals surface area contributed by atoms with Crippen molar-refractivity contribution in [1.29, 1.82) is 0 Å². The van der Waals surface area contributed by atoms with E-state index in [9.17, 15) is 5.11 Å². The van der Waals surface area contributed by atoms with E-state index in [1.807, 2.05) is 0 Å². The Hall–Kier alpha value is -0.0800. The zero-order chi connectivity index (χ0) is 13.1. The average molecular weight is 255 g/mol. The highest BCUT2D eigenvalue weighted by atomic mass is 16.3. The highest BCUT2D eigenvalue weighted by molar-refractivity contribution is 4.81. The zero-order valence-electron chi connectivity index (χ0n) is 12.3. The normalized spacial score (nSPS) is 23.0. The largest absolute Gasteiger partial charge is 0.389 e. The fraction of sp³-hybridized carbons (Fsp3) is 1.00. The van der Waals surface area contributed by atoms with Gasteiger partial charge in [0.25, 0.3) is 0 Å². The molecule has 1 rings (SSSR count). The van der Waals surface area contributed by atoms with Crippen LogP contribution >= 0.6 is 0 Å². The smallest absolute Gasteiger partial charge is 0.0771 e. The Morgan fingerprint density at radius 1 is 0.833 bits per heavy atom. The van der Waals surface area contributed by atoms with E-state index in [4.69, 9.17) is 0 Å². The maximum absolute atomic E-state index is 10.7. The van der Waals surface area contributed by atoms with Gasteiger partial charge in [0.15, 0.2) is 0 Å². The second kappa shape index (κ2) is 9.80. The molecule has 0 radical (unpaired) electrons. The molecule has 1 aliphatic rings. The van der Waals surface area contributed by atoms with Gasteiger partial charge in [-0.05, 0) is 25.8 Å². The molecule has 0 aliphatic heterocycles. The predicted octanol–water partition coefficient (Wildman–Crippen LogP) is 4.02. The van der Waals surface area contributed by atoms with Crippen molar-refractivity contribution in [3.63, 3.8) is 0 Å². The van der Waals surface area contributed by atoms with Gasteiger partial charge in [-0.2, -0.15) is 0 Å². The van der Waals surface area contributed by atoms with Crippen LogP contribution in [-0.4, -0.2) is 23.8 Å². The summed E-state index contributed by atoms with van der Waals surface area (Å²) in [4.78, 5) is 0. The molecule has 1 saturated carbocycles. The molecule has 2 nitrogen and oxygen atoms in total. The molecule has 0 atom stereocenters.